The van der Waals surface area contributed by atoms with Gasteiger partial charge in [0.15, 0.2) is 0 Å². The molecule has 2 atom stereocenters. The molecule has 6 heteroatoms. The van der Waals surface area contributed by atoms with Crippen LogP contribution < -0.4 is 5.32 Å². The van der Waals surface area contributed by atoms with Gasteiger partial charge in [-0.05, 0) is 17.5 Å². The van der Waals surface area contributed by atoms with E-state index in [1.165, 1.54) is 5.56 Å². The number of nitrogens with one attached hydrogen (secondary N) is 1. The van der Waals surface area contributed by atoms with Gasteiger partial charge >= 0.3 is 0 Å². The number of hydrogen-bond donors (Lipinski definition) is 1. The highest BCUT2D eigenvalue weighted by Gasteiger charge is 2.41. The second kappa shape index (κ2) is 7.28. The predicted octanol–water partition coefficient (Wildman–Crippen LogP) is 4.45. The second-order valence-corrected chi connectivity index (χ2v) is 8.00. The predicted molar refractivity (Wildman–Crippen MR) is 110 cm³/mol. The van der Waals surface area contributed by atoms with Crippen LogP contribution >= 0.6 is 11.8 Å². The molecule has 2 heterocycles. The fourth-order valence-corrected chi connectivity index (χ4v) is 4.71. The summed E-state index contributed by atoms with van der Waals surface area (Å²) in [4.78, 5) is 17.5. The fourth-order valence-electron chi connectivity index (χ4n) is 3.92. The molecule has 140 valence electrons. The van der Waals surface area contributed by atoms with Crippen LogP contribution in [0, 0.1) is 5.92 Å². The van der Waals surface area contributed by atoms with Crippen LogP contribution in [0.25, 0.3) is 0 Å². The molecule has 0 saturated heterocycles. The molecule has 5 rings (SSSR count). The number of hydrogen-bond acceptors (Lipinski definition) is 5. The quantitative estimate of drug-likeness (QED) is 0.669. The zero-order valence-corrected chi connectivity index (χ0v) is 16.1. The number of thioether (sulfide) groups is 1. The first-order valence-electron chi connectivity index (χ1n) is 9.47. The SMILES string of the molecule is O=C1CCC=C2Nc3nc(SCc4ccccc4)nn3[C@@H](c3ccccc3)[C@H]12. The average molecular weight is 388 g/mol. The largest absolute Gasteiger partial charge is 0.328 e. The lowest BCUT2D eigenvalue weighted by atomic mass is 9.81. The van der Waals surface area contributed by atoms with Gasteiger partial charge in [0, 0.05) is 17.9 Å². The van der Waals surface area contributed by atoms with E-state index in [0.717, 1.165) is 28.6 Å². The third kappa shape index (κ3) is 3.14. The van der Waals surface area contributed by atoms with E-state index >= 15 is 0 Å². The summed E-state index contributed by atoms with van der Waals surface area (Å²) < 4.78 is 1.90. The van der Waals surface area contributed by atoms with Gasteiger partial charge in [-0.1, -0.05) is 78.5 Å². The van der Waals surface area contributed by atoms with Gasteiger partial charge in [0.2, 0.25) is 11.1 Å². The van der Waals surface area contributed by atoms with Gasteiger partial charge in [-0.15, -0.1) is 5.10 Å². The molecular weight excluding hydrogens is 368 g/mol. The Hall–Kier alpha value is -2.86. The molecule has 28 heavy (non-hydrogen) atoms. The first-order chi connectivity index (χ1) is 13.8. The Morgan fingerprint density at radius 1 is 1.07 bits per heavy atom. The van der Waals surface area contributed by atoms with Crippen molar-refractivity contribution in [3.05, 3.63) is 83.6 Å². The van der Waals surface area contributed by atoms with Crippen molar-refractivity contribution < 1.29 is 4.79 Å². The van der Waals surface area contributed by atoms with Crippen molar-refractivity contribution in [1.82, 2.24) is 14.8 Å². The molecule has 0 radical (unpaired) electrons. The van der Waals surface area contributed by atoms with Crippen molar-refractivity contribution in [2.75, 3.05) is 5.32 Å². The highest BCUT2D eigenvalue weighted by atomic mass is 32.2. The van der Waals surface area contributed by atoms with Crippen LogP contribution in [0.2, 0.25) is 0 Å². The Balaban J connectivity index is 1.51. The van der Waals surface area contributed by atoms with Crippen molar-refractivity contribution in [3.63, 3.8) is 0 Å². The molecule has 5 nitrogen and oxygen atoms in total. The van der Waals surface area contributed by atoms with Gasteiger partial charge < -0.3 is 5.32 Å². The monoisotopic (exact) mass is 388 g/mol. The number of carbonyl (C=O) groups is 1. The first-order valence-corrected chi connectivity index (χ1v) is 10.5. The molecule has 0 amide bonds. The standard InChI is InChI=1S/C22H20N4OS/c27-18-13-7-12-17-19(18)20(16-10-5-2-6-11-16)26-21(23-17)24-22(25-26)28-14-15-8-3-1-4-9-15/h1-6,8-12,19-20H,7,13-14H2,(H,23,24,25)/t19-,20-/m0/s1. The van der Waals surface area contributed by atoms with Crippen molar-refractivity contribution in [2.24, 2.45) is 5.92 Å². The Morgan fingerprint density at radius 3 is 2.61 bits per heavy atom. The van der Waals surface area contributed by atoms with Gasteiger partial charge in [0.05, 0.1) is 12.0 Å². The summed E-state index contributed by atoms with van der Waals surface area (Å²) in [5.41, 5.74) is 3.28. The lowest BCUT2D eigenvalue weighted by Gasteiger charge is -2.36. The van der Waals surface area contributed by atoms with Crippen LogP contribution in [0.5, 0.6) is 0 Å². The van der Waals surface area contributed by atoms with Crippen LogP contribution in [0.15, 0.2) is 77.6 Å². The summed E-state index contributed by atoms with van der Waals surface area (Å²) in [7, 11) is 0. The van der Waals surface area contributed by atoms with Crippen molar-refractivity contribution >= 4 is 23.5 Å². The molecule has 1 aliphatic heterocycles. The van der Waals surface area contributed by atoms with E-state index in [1.807, 2.05) is 41.1 Å². The van der Waals surface area contributed by atoms with E-state index in [9.17, 15) is 4.79 Å². The summed E-state index contributed by atoms with van der Waals surface area (Å²) >= 11 is 1.61. The minimum atomic E-state index is -0.225. The number of allylic oxidation sites excluding steroid dienone is 2. The highest BCUT2D eigenvalue weighted by molar-refractivity contribution is 7.98. The molecule has 0 bridgehead atoms. The smallest absolute Gasteiger partial charge is 0.227 e. The summed E-state index contributed by atoms with van der Waals surface area (Å²) in [5.74, 6) is 1.56. The van der Waals surface area contributed by atoms with Crippen LogP contribution in [-0.2, 0) is 10.5 Å². The van der Waals surface area contributed by atoms with Crippen LogP contribution in [0.4, 0.5) is 5.95 Å². The Kier molecular flexibility index (Phi) is 4.49. The zero-order valence-electron chi connectivity index (χ0n) is 15.3. The molecule has 1 N–H and O–H groups in total. The van der Waals surface area contributed by atoms with E-state index in [1.54, 1.807) is 11.8 Å². The molecule has 0 fully saturated rings. The topological polar surface area (TPSA) is 59.8 Å². The van der Waals surface area contributed by atoms with Gasteiger partial charge in [-0.3, -0.25) is 4.79 Å². The zero-order chi connectivity index (χ0) is 18.9. The number of nitrogens with zero attached hydrogens (tertiary/aromatic N) is 3. The van der Waals surface area contributed by atoms with Crippen LogP contribution in [0.1, 0.15) is 30.0 Å². The van der Waals surface area contributed by atoms with E-state index in [-0.39, 0.29) is 17.7 Å². The Labute approximate surface area is 167 Å². The average Bonchev–Trinajstić information content (AvgIpc) is 3.15. The molecule has 1 aromatic heterocycles. The number of benzene rings is 2. The molecule has 3 aromatic rings. The highest BCUT2D eigenvalue weighted by Crippen LogP contribution is 2.41. The third-order valence-electron chi connectivity index (χ3n) is 5.24. The van der Waals surface area contributed by atoms with E-state index in [4.69, 9.17) is 10.1 Å². The second-order valence-electron chi connectivity index (χ2n) is 7.06. The summed E-state index contributed by atoms with van der Waals surface area (Å²) in [6.07, 6.45) is 3.50. The lowest BCUT2D eigenvalue weighted by molar-refractivity contribution is -0.123. The minimum absolute atomic E-state index is 0.157. The van der Waals surface area contributed by atoms with Gasteiger partial charge in [0.1, 0.15) is 5.78 Å². The number of Topliss-reactive ketones (excluding diaryl/α,β-unsaturated/α-hetero) is 1. The number of anilines is 1. The third-order valence-corrected chi connectivity index (χ3v) is 6.14. The molecule has 0 spiro atoms. The van der Waals surface area contributed by atoms with Crippen molar-refractivity contribution in [3.8, 4) is 0 Å². The molecule has 2 aliphatic rings. The normalized spacial score (nSPS) is 20.7. The maximum atomic E-state index is 12.8. The molecule has 0 unspecified atom stereocenters. The van der Waals surface area contributed by atoms with E-state index in [0.29, 0.717) is 12.4 Å². The van der Waals surface area contributed by atoms with Gasteiger partial charge in [-0.25, -0.2) is 4.68 Å². The molecule has 1 aliphatic carbocycles. The summed E-state index contributed by atoms with van der Waals surface area (Å²) in [5, 5.41) is 8.86. The van der Waals surface area contributed by atoms with Crippen LogP contribution in [0.3, 0.4) is 0 Å². The number of ketones is 1. The first kappa shape index (κ1) is 17.3. The maximum Gasteiger partial charge on any atom is 0.227 e. The van der Waals surface area contributed by atoms with E-state index < -0.39 is 0 Å². The van der Waals surface area contributed by atoms with Crippen LogP contribution in [-0.4, -0.2) is 20.5 Å². The molecular formula is C22H20N4OS. The molecule has 0 saturated carbocycles. The van der Waals surface area contributed by atoms with Crippen molar-refractivity contribution in [2.45, 2.75) is 29.8 Å². The Bertz CT molecular complexity index is 1030. The van der Waals surface area contributed by atoms with Crippen molar-refractivity contribution in [1.29, 1.82) is 0 Å². The summed E-state index contributed by atoms with van der Waals surface area (Å²) in [6.45, 7) is 0. The summed E-state index contributed by atoms with van der Waals surface area (Å²) in [6, 6.07) is 20.3. The lowest BCUT2D eigenvalue weighted by Crippen LogP contribution is -2.38. The van der Waals surface area contributed by atoms with E-state index in [2.05, 4.69) is 35.7 Å². The number of rotatable bonds is 4. The minimum Gasteiger partial charge on any atom is -0.328 e. The van der Waals surface area contributed by atoms with Gasteiger partial charge in [0.25, 0.3) is 0 Å². The maximum absolute atomic E-state index is 12.8. The Morgan fingerprint density at radius 2 is 1.82 bits per heavy atom. The fraction of sp³-hybridized carbons (Fsp3) is 0.227. The number of aromatic nitrogens is 3. The van der Waals surface area contributed by atoms with Gasteiger partial charge in [-0.2, -0.15) is 4.98 Å². The number of carbonyl (C=O) groups excluding carboxylic acids is 1. The number of fused-ring (bicyclic) bond motifs is 2. The molecule has 2 aromatic carbocycles.